The van der Waals surface area contributed by atoms with Gasteiger partial charge >= 0.3 is 0 Å². The second-order valence-electron chi connectivity index (χ2n) is 6.38. The van der Waals surface area contributed by atoms with E-state index in [2.05, 4.69) is 58.1 Å². The number of nitrogens with zero attached hydrogens (tertiary/aromatic N) is 2. The lowest BCUT2D eigenvalue weighted by atomic mass is 10.0. The first-order chi connectivity index (χ1) is 8.31. The van der Waals surface area contributed by atoms with Gasteiger partial charge in [-0.05, 0) is 58.6 Å². The molecular formula is C15H29N3. The van der Waals surface area contributed by atoms with Crippen molar-refractivity contribution in [2.45, 2.75) is 59.4 Å². The van der Waals surface area contributed by atoms with Crippen LogP contribution in [0.5, 0.6) is 0 Å². The Bertz CT molecular complexity index is 360. The summed E-state index contributed by atoms with van der Waals surface area (Å²) in [5.74, 6) is 0.694. The molecule has 1 aromatic heterocycles. The lowest BCUT2D eigenvalue weighted by Gasteiger charge is -2.22. The van der Waals surface area contributed by atoms with Gasteiger partial charge in [-0.1, -0.05) is 13.8 Å². The van der Waals surface area contributed by atoms with E-state index in [9.17, 15) is 0 Å². The van der Waals surface area contributed by atoms with E-state index in [4.69, 9.17) is 0 Å². The Kier molecular flexibility index (Phi) is 5.39. The van der Waals surface area contributed by atoms with E-state index in [-0.39, 0.29) is 5.54 Å². The zero-order chi connectivity index (χ0) is 13.8. The predicted molar refractivity (Wildman–Crippen MR) is 77.8 cm³/mol. The molecule has 0 spiro atoms. The van der Waals surface area contributed by atoms with Crippen LogP contribution in [0, 0.1) is 5.92 Å². The van der Waals surface area contributed by atoms with Crippen molar-refractivity contribution in [3.8, 4) is 0 Å². The van der Waals surface area contributed by atoms with Crippen LogP contribution in [0.2, 0.25) is 0 Å². The maximum Gasteiger partial charge on any atom is 0.0624 e. The van der Waals surface area contributed by atoms with Crippen molar-refractivity contribution in [2.75, 3.05) is 6.54 Å². The highest BCUT2D eigenvalue weighted by atomic mass is 15.3. The Morgan fingerprint density at radius 2 is 2.06 bits per heavy atom. The maximum atomic E-state index is 4.50. The van der Waals surface area contributed by atoms with Gasteiger partial charge in [0.1, 0.15) is 0 Å². The standard InChI is InChI=1S/C15H29N3/c1-7-13-11-14(18(6)17-13)10-12(2)8-9-16-15(3,4)5/h11-12,16H,7-10H2,1-6H3. The Hall–Kier alpha value is -0.830. The van der Waals surface area contributed by atoms with Crippen LogP contribution >= 0.6 is 0 Å². The minimum Gasteiger partial charge on any atom is -0.312 e. The summed E-state index contributed by atoms with van der Waals surface area (Å²) in [6.07, 6.45) is 3.35. The fraction of sp³-hybridized carbons (Fsp3) is 0.800. The molecule has 0 radical (unpaired) electrons. The number of hydrogen-bond acceptors (Lipinski definition) is 2. The molecule has 0 aliphatic heterocycles. The van der Waals surface area contributed by atoms with Crippen molar-refractivity contribution in [3.63, 3.8) is 0 Å². The van der Waals surface area contributed by atoms with Crippen LogP contribution in [0.25, 0.3) is 0 Å². The van der Waals surface area contributed by atoms with Gasteiger partial charge in [0.2, 0.25) is 0 Å². The van der Waals surface area contributed by atoms with Crippen molar-refractivity contribution in [1.82, 2.24) is 15.1 Å². The number of aryl methyl sites for hydroxylation is 2. The molecule has 0 aliphatic rings. The molecule has 104 valence electrons. The highest BCUT2D eigenvalue weighted by Crippen LogP contribution is 2.13. The van der Waals surface area contributed by atoms with Gasteiger partial charge in [-0.15, -0.1) is 0 Å². The van der Waals surface area contributed by atoms with Gasteiger partial charge in [0.15, 0.2) is 0 Å². The molecule has 1 atom stereocenters. The van der Waals surface area contributed by atoms with Crippen LogP contribution in [0.1, 0.15) is 52.4 Å². The van der Waals surface area contributed by atoms with Gasteiger partial charge in [-0.3, -0.25) is 4.68 Å². The van der Waals surface area contributed by atoms with Crippen molar-refractivity contribution in [3.05, 3.63) is 17.5 Å². The molecule has 0 saturated carbocycles. The van der Waals surface area contributed by atoms with Crippen LogP contribution in [0.15, 0.2) is 6.07 Å². The van der Waals surface area contributed by atoms with Crippen LogP contribution in [0.4, 0.5) is 0 Å². The van der Waals surface area contributed by atoms with Crippen molar-refractivity contribution in [2.24, 2.45) is 13.0 Å². The predicted octanol–water partition coefficient (Wildman–Crippen LogP) is 2.94. The zero-order valence-corrected chi connectivity index (χ0v) is 12.9. The number of nitrogens with one attached hydrogen (secondary N) is 1. The zero-order valence-electron chi connectivity index (χ0n) is 12.9. The first kappa shape index (κ1) is 15.2. The third kappa shape index (κ3) is 5.21. The summed E-state index contributed by atoms with van der Waals surface area (Å²) in [6, 6.07) is 2.24. The summed E-state index contributed by atoms with van der Waals surface area (Å²) in [4.78, 5) is 0. The minimum absolute atomic E-state index is 0.224. The Balaban J connectivity index is 2.39. The summed E-state index contributed by atoms with van der Waals surface area (Å²) < 4.78 is 2.03. The number of aromatic nitrogens is 2. The topological polar surface area (TPSA) is 29.9 Å². The monoisotopic (exact) mass is 251 g/mol. The lowest BCUT2D eigenvalue weighted by molar-refractivity contribution is 0.391. The second-order valence-corrected chi connectivity index (χ2v) is 6.38. The molecule has 0 aliphatic carbocycles. The Labute approximate surface area is 112 Å². The summed E-state index contributed by atoms with van der Waals surface area (Å²) in [5, 5.41) is 8.05. The molecule has 0 bridgehead atoms. The Morgan fingerprint density at radius 3 is 2.56 bits per heavy atom. The van der Waals surface area contributed by atoms with Crippen molar-refractivity contribution in [1.29, 1.82) is 0 Å². The van der Waals surface area contributed by atoms with E-state index in [1.165, 1.54) is 17.8 Å². The first-order valence-corrected chi connectivity index (χ1v) is 7.08. The van der Waals surface area contributed by atoms with Gasteiger partial charge in [0.25, 0.3) is 0 Å². The molecule has 0 aromatic carbocycles. The van der Waals surface area contributed by atoms with Crippen molar-refractivity contribution >= 4 is 0 Å². The summed E-state index contributed by atoms with van der Waals surface area (Å²) in [6.45, 7) is 12.2. The fourth-order valence-corrected chi connectivity index (χ4v) is 2.09. The average Bonchev–Trinajstić information content (AvgIpc) is 2.57. The highest BCUT2D eigenvalue weighted by Gasteiger charge is 2.11. The van der Waals surface area contributed by atoms with Crippen LogP contribution < -0.4 is 5.32 Å². The van der Waals surface area contributed by atoms with E-state index >= 15 is 0 Å². The van der Waals surface area contributed by atoms with Gasteiger partial charge < -0.3 is 5.32 Å². The SMILES string of the molecule is CCc1cc(CC(C)CCNC(C)(C)C)n(C)n1. The molecule has 0 fully saturated rings. The lowest BCUT2D eigenvalue weighted by Crippen LogP contribution is -2.37. The molecule has 1 N–H and O–H groups in total. The fourth-order valence-electron chi connectivity index (χ4n) is 2.09. The van der Waals surface area contributed by atoms with E-state index in [1.54, 1.807) is 0 Å². The highest BCUT2D eigenvalue weighted by molar-refractivity contribution is 5.10. The largest absolute Gasteiger partial charge is 0.312 e. The van der Waals surface area contributed by atoms with E-state index in [1.807, 2.05) is 4.68 Å². The quantitative estimate of drug-likeness (QED) is 0.842. The summed E-state index contributed by atoms with van der Waals surface area (Å²) in [5.41, 5.74) is 2.78. The molecular weight excluding hydrogens is 222 g/mol. The maximum absolute atomic E-state index is 4.50. The summed E-state index contributed by atoms with van der Waals surface area (Å²) >= 11 is 0. The van der Waals surface area contributed by atoms with Crippen LogP contribution in [-0.2, 0) is 19.9 Å². The first-order valence-electron chi connectivity index (χ1n) is 7.08. The van der Waals surface area contributed by atoms with Crippen LogP contribution in [0.3, 0.4) is 0 Å². The molecule has 0 amide bonds. The van der Waals surface area contributed by atoms with E-state index in [0.29, 0.717) is 5.92 Å². The van der Waals surface area contributed by atoms with Gasteiger partial charge in [0.05, 0.1) is 5.69 Å². The molecule has 3 heteroatoms. The van der Waals surface area contributed by atoms with Gasteiger partial charge in [0, 0.05) is 18.3 Å². The molecule has 0 saturated heterocycles. The molecule has 1 unspecified atom stereocenters. The minimum atomic E-state index is 0.224. The van der Waals surface area contributed by atoms with E-state index < -0.39 is 0 Å². The third-order valence-electron chi connectivity index (χ3n) is 3.24. The van der Waals surface area contributed by atoms with Gasteiger partial charge in [-0.25, -0.2) is 0 Å². The molecule has 3 nitrogen and oxygen atoms in total. The number of hydrogen-bond donors (Lipinski definition) is 1. The Morgan fingerprint density at radius 1 is 1.39 bits per heavy atom. The normalized spacial score (nSPS) is 13.9. The molecule has 18 heavy (non-hydrogen) atoms. The van der Waals surface area contributed by atoms with Crippen molar-refractivity contribution < 1.29 is 0 Å². The van der Waals surface area contributed by atoms with E-state index in [0.717, 1.165) is 19.4 Å². The average molecular weight is 251 g/mol. The molecule has 1 aromatic rings. The molecule has 1 rings (SSSR count). The third-order valence-corrected chi connectivity index (χ3v) is 3.24. The summed E-state index contributed by atoms with van der Waals surface area (Å²) in [7, 11) is 2.05. The van der Waals surface area contributed by atoms with Crippen LogP contribution in [-0.4, -0.2) is 21.9 Å². The second kappa shape index (κ2) is 6.37. The van der Waals surface area contributed by atoms with Gasteiger partial charge in [-0.2, -0.15) is 5.10 Å². The smallest absolute Gasteiger partial charge is 0.0624 e. The molecule has 1 heterocycles. The number of rotatable bonds is 6.